The summed E-state index contributed by atoms with van der Waals surface area (Å²) in [5, 5.41) is 13.5. The fourth-order valence-corrected chi connectivity index (χ4v) is 3.41. The second-order valence-electron chi connectivity index (χ2n) is 6.16. The molecule has 1 unspecified atom stereocenters. The first-order chi connectivity index (χ1) is 12.9. The molecule has 1 aliphatic rings. The third-order valence-corrected chi connectivity index (χ3v) is 5.27. The minimum absolute atomic E-state index is 0.0593. The number of rotatable bonds is 5. The number of hydrogen-bond acceptors (Lipinski definition) is 6. The number of carbonyl (C=O) groups is 2. The lowest BCUT2D eigenvalue weighted by Gasteiger charge is -2.11. The summed E-state index contributed by atoms with van der Waals surface area (Å²) in [5.74, 6) is 0.145. The lowest BCUT2D eigenvalue weighted by molar-refractivity contribution is -0.122. The van der Waals surface area contributed by atoms with Gasteiger partial charge in [-0.15, -0.1) is 10.2 Å². The number of anilines is 1. The van der Waals surface area contributed by atoms with Crippen LogP contribution in [0.25, 0.3) is 0 Å². The van der Waals surface area contributed by atoms with Crippen LogP contribution in [0.4, 0.5) is 5.69 Å². The van der Waals surface area contributed by atoms with Crippen LogP contribution in [0, 0.1) is 13.8 Å². The van der Waals surface area contributed by atoms with E-state index in [0.29, 0.717) is 16.6 Å². The molecule has 140 valence electrons. The van der Waals surface area contributed by atoms with Crippen molar-refractivity contribution in [2.24, 2.45) is 10.2 Å². The summed E-state index contributed by atoms with van der Waals surface area (Å²) in [5.41, 5.74) is 3.47. The van der Waals surface area contributed by atoms with Crippen molar-refractivity contribution in [2.75, 3.05) is 5.32 Å². The van der Waals surface area contributed by atoms with Crippen LogP contribution in [0.15, 0.2) is 51.2 Å². The average molecular weight is 384 g/mol. The largest absolute Gasteiger partial charge is 0.463 e. The van der Waals surface area contributed by atoms with Gasteiger partial charge in [-0.25, -0.2) is 0 Å². The normalized spacial score (nSPS) is 18.6. The highest BCUT2D eigenvalue weighted by atomic mass is 32.2. The predicted octanol–water partition coefficient (Wildman–Crippen LogP) is 3.24. The van der Waals surface area contributed by atoms with E-state index in [1.54, 1.807) is 25.3 Å². The van der Waals surface area contributed by atoms with Crippen molar-refractivity contribution in [3.8, 4) is 0 Å². The molecule has 1 aliphatic heterocycles. The van der Waals surface area contributed by atoms with Gasteiger partial charge in [0.1, 0.15) is 16.7 Å². The summed E-state index contributed by atoms with van der Waals surface area (Å²) >= 11 is 1.20. The Hall–Kier alpha value is -2.87. The fourth-order valence-electron chi connectivity index (χ4n) is 2.50. The quantitative estimate of drug-likeness (QED) is 0.611. The standard InChI is InChI=1S/C19H20N4O3S/c1-11-6-4-7-14(12(11)2)20-17(24)10-16-18(25)21-19(27-16)23-22-13(3)15-8-5-9-26-15/h4-9,16H,10H2,1-3H3,(H,20,24)(H,21,23,25)/b22-13+. The Bertz CT molecular complexity index is 919. The van der Waals surface area contributed by atoms with E-state index in [1.807, 2.05) is 32.0 Å². The summed E-state index contributed by atoms with van der Waals surface area (Å²) in [6.07, 6.45) is 1.61. The minimum Gasteiger partial charge on any atom is -0.463 e. The molecule has 3 rings (SSSR count). The molecule has 8 heteroatoms. The fraction of sp³-hybridized carbons (Fsp3) is 0.263. The van der Waals surface area contributed by atoms with Crippen molar-refractivity contribution in [1.82, 2.24) is 5.32 Å². The van der Waals surface area contributed by atoms with E-state index in [0.717, 1.165) is 16.8 Å². The molecule has 2 aromatic rings. The number of carbonyl (C=O) groups excluding carboxylic acids is 2. The van der Waals surface area contributed by atoms with Crippen LogP contribution in [-0.4, -0.2) is 27.9 Å². The zero-order valence-electron chi connectivity index (χ0n) is 15.3. The number of amides is 2. The number of thioether (sulfide) groups is 1. The SMILES string of the molecule is C/C(=N\N=C1/NC(=O)C(CC(=O)Nc2cccc(C)c2C)S1)c1ccco1. The molecule has 27 heavy (non-hydrogen) atoms. The molecule has 1 aromatic heterocycles. The van der Waals surface area contributed by atoms with E-state index in [9.17, 15) is 9.59 Å². The van der Waals surface area contributed by atoms with Gasteiger partial charge in [-0.1, -0.05) is 23.9 Å². The molecule has 2 N–H and O–H groups in total. The number of nitrogens with one attached hydrogen (secondary N) is 2. The summed E-state index contributed by atoms with van der Waals surface area (Å²) in [4.78, 5) is 24.4. The van der Waals surface area contributed by atoms with Crippen molar-refractivity contribution >= 4 is 40.1 Å². The van der Waals surface area contributed by atoms with Crippen LogP contribution in [0.3, 0.4) is 0 Å². The number of hydrogen-bond donors (Lipinski definition) is 2. The van der Waals surface area contributed by atoms with E-state index in [2.05, 4.69) is 20.8 Å². The average Bonchev–Trinajstić information content (AvgIpc) is 3.27. The van der Waals surface area contributed by atoms with Gasteiger partial charge in [0.25, 0.3) is 0 Å². The number of benzene rings is 1. The summed E-state index contributed by atoms with van der Waals surface area (Å²) in [6, 6.07) is 9.26. The molecule has 2 amide bonds. The van der Waals surface area contributed by atoms with E-state index in [4.69, 9.17) is 4.42 Å². The molecule has 0 saturated carbocycles. The van der Waals surface area contributed by atoms with Gasteiger partial charge in [0.2, 0.25) is 11.8 Å². The van der Waals surface area contributed by atoms with Gasteiger partial charge in [-0.2, -0.15) is 0 Å². The predicted molar refractivity (Wildman–Crippen MR) is 107 cm³/mol. The van der Waals surface area contributed by atoms with Crippen LogP contribution in [0.2, 0.25) is 0 Å². The number of amidine groups is 1. The Labute approximate surface area is 161 Å². The van der Waals surface area contributed by atoms with Gasteiger partial charge < -0.3 is 15.1 Å². The van der Waals surface area contributed by atoms with Crippen molar-refractivity contribution < 1.29 is 14.0 Å². The molecule has 7 nitrogen and oxygen atoms in total. The molecule has 0 aliphatic carbocycles. The molecule has 1 saturated heterocycles. The van der Waals surface area contributed by atoms with Gasteiger partial charge in [0.15, 0.2) is 5.17 Å². The van der Waals surface area contributed by atoms with E-state index in [-0.39, 0.29) is 18.2 Å². The lowest BCUT2D eigenvalue weighted by atomic mass is 10.1. The highest BCUT2D eigenvalue weighted by molar-refractivity contribution is 8.15. The molecular weight excluding hydrogens is 364 g/mol. The van der Waals surface area contributed by atoms with E-state index in [1.165, 1.54) is 11.8 Å². The number of aryl methyl sites for hydroxylation is 1. The van der Waals surface area contributed by atoms with Crippen molar-refractivity contribution in [3.63, 3.8) is 0 Å². The van der Waals surface area contributed by atoms with E-state index < -0.39 is 5.25 Å². The third-order valence-electron chi connectivity index (χ3n) is 4.19. The van der Waals surface area contributed by atoms with Crippen LogP contribution < -0.4 is 10.6 Å². The van der Waals surface area contributed by atoms with Crippen molar-refractivity contribution in [1.29, 1.82) is 0 Å². The first kappa shape index (κ1) is 18.9. The topological polar surface area (TPSA) is 96.1 Å². The van der Waals surface area contributed by atoms with E-state index >= 15 is 0 Å². The Morgan fingerprint density at radius 3 is 2.85 bits per heavy atom. The molecular formula is C19H20N4O3S. The van der Waals surface area contributed by atoms with Crippen LogP contribution in [-0.2, 0) is 9.59 Å². The smallest absolute Gasteiger partial charge is 0.240 e. The Balaban J connectivity index is 1.60. The Kier molecular flexibility index (Phi) is 5.75. The maximum Gasteiger partial charge on any atom is 0.240 e. The van der Waals surface area contributed by atoms with Crippen LogP contribution >= 0.6 is 11.8 Å². The minimum atomic E-state index is -0.534. The maximum absolute atomic E-state index is 12.3. The third kappa shape index (κ3) is 4.65. The van der Waals surface area contributed by atoms with Crippen molar-refractivity contribution in [3.05, 3.63) is 53.5 Å². The number of furan rings is 1. The first-order valence-electron chi connectivity index (χ1n) is 8.43. The molecule has 0 bridgehead atoms. The zero-order valence-corrected chi connectivity index (χ0v) is 16.1. The van der Waals surface area contributed by atoms with Crippen LogP contribution in [0.5, 0.6) is 0 Å². The monoisotopic (exact) mass is 384 g/mol. The van der Waals surface area contributed by atoms with Crippen molar-refractivity contribution in [2.45, 2.75) is 32.4 Å². The first-order valence-corrected chi connectivity index (χ1v) is 9.31. The molecule has 1 atom stereocenters. The Morgan fingerprint density at radius 2 is 2.11 bits per heavy atom. The number of nitrogens with zero attached hydrogens (tertiary/aromatic N) is 2. The van der Waals surface area contributed by atoms with Gasteiger partial charge >= 0.3 is 0 Å². The van der Waals surface area contributed by atoms with Crippen LogP contribution in [0.1, 0.15) is 30.2 Å². The molecule has 1 fully saturated rings. The summed E-state index contributed by atoms with van der Waals surface area (Å²) in [6.45, 7) is 5.70. The molecule has 0 spiro atoms. The highest BCUT2D eigenvalue weighted by Crippen LogP contribution is 2.24. The second kappa shape index (κ2) is 8.22. The summed E-state index contributed by atoms with van der Waals surface area (Å²) in [7, 11) is 0. The van der Waals surface area contributed by atoms with Gasteiger partial charge in [-0.05, 0) is 50.1 Å². The highest BCUT2D eigenvalue weighted by Gasteiger charge is 2.32. The molecule has 2 heterocycles. The Morgan fingerprint density at radius 1 is 1.30 bits per heavy atom. The van der Waals surface area contributed by atoms with Gasteiger partial charge in [0.05, 0.1) is 6.26 Å². The van der Waals surface area contributed by atoms with Gasteiger partial charge in [0, 0.05) is 12.1 Å². The molecule has 1 aromatic carbocycles. The second-order valence-corrected chi connectivity index (χ2v) is 7.35. The molecule has 0 radical (unpaired) electrons. The lowest BCUT2D eigenvalue weighted by Crippen LogP contribution is -2.28. The zero-order chi connectivity index (χ0) is 19.4. The summed E-state index contributed by atoms with van der Waals surface area (Å²) < 4.78 is 5.23. The maximum atomic E-state index is 12.3. The van der Waals surface area contributed by atoms with Gasteiger partial charge in [-0.3, -0.25) is 9.59 Å².